The maximum Gasteiger partial charge on any atom is 0.157 e. The zero-order valence-electron chi connectivity index (χ0n) is 5.77. The first-order valence-electron chi connectivity index (χ1n) is 3.31. The minimum absolute atomic E-state index is 0.177. The number of aliphatic hydroxyl groups is 2. The normalized spacial score (nSPS) is 49.2. The third kappa shape index (κ3) is 1.63. The van der Waals surface area contributed by atoms with Gasteiger partial charge in [-0.05, 0) is 6.92 Å². The van der Waals surface area contributed by atoms with Gasteiger partial charge in [0.05, 0.1) is 17.5 Å². The van der Waals surface area contributed by atoms with Gasteiger partial charge in [-0.25, -0.2) is 0 Å². The molecule has 0 amide bonds. The fourth-order valence-electron chi connectivity index (χ4n) is 1.04. The van der Waals surface area contributed by atoms with Crippen LogP contribution in [-0.2, 0) is 4.74 Å². The molecule has 1 rings (SSSR count). The Balaban J connectivity index is 2.49. The largest absolute Gasteiger partial charge is 0.392 e. The van der Waals surface area contributed by atoms with Crippen LogP contribution < -0.4 is 0 Å². The predicted octanol–water partition coefficient (Wildman–Crippen LogP) is -0.227. The number of hydrogen-bond acceptors (Lipinski definition) is 4. The second-order valence-corrected chi connectivity index (χ2v) is 3.19. The van der Waals surface area contributed by atoms with Crippen molar-refractivity contribution in [2.75, 3.05) is 0 Å². The van der Waals surface area contributed by atoms with Gasteiger partial charge in [0.25, 0.3) is 0 Å². The zero-order valence-corrected chi connectivity index (χ0v) is 6.66. The van der Waals surface area contributed by atoms with Crippen molar-refractivity contribution in [3.05, 3.63) is 0 Å². The van der Waals surface area contributed by atoms with Gasteiger partial charge in [-0.15, -0.1) is 0 Å². The summed E-state index contributed by atoms with van der Waals surface area (Å²) in [6, 6.07) is 0. The van der Waals surface area contributed by atoms with Gasteiger partial charge in [-0.2, -0.15) is 12.6 Å². The first-order chi connectivity index (χ1) is 4.61. The van der Waals surface area contributed by atoms with Crippen LogP contribution in [0.1, 0.15) is 13.3 Å². The third-order valence-electron chi connectivity index (χ3n) is 1.69. The average Bonchev–Trinajstić information content (AvgIpc) is 1.82. The van der Waals surface area contributed by atoms with Crippen LogP contribution in [0, 0.1) is 0 Å². The Hall–Kier alpha value is 0.230. The van der Waals surface area contributed by atoms with Gasteiger partial charge >= 0.3 is 0 Å². The van der Waals surface area contributed by atoms with Gasteiger partial charge in [0.15, 0.2) is 6.29 Å². The summed E-state index contributed by atoms with van der Waals surface area (Å²) in [7, 11) is 0. The van der Waals surface area contributed by atoms with Crippen molar-refractivity contribution in [1.82, 2.24) is 0 Å². The fourth-order valence-corrected chi connectivity index (χ4v) is 1.23. The summed E-state index contributed by atoms with van der Waals surface area (Å²) in [6.07, 6.45) is -1.30. The van der Waals surface area contributed by atoms with Crippen molar-refractivity contribution in [2.45, 2.75) is 37.1 Å². The van der Waals surface area contributed by atoms with Crippen LogP contribution in [0.4, 0.5) is 0 Å². The maximum absolute atomic E-state index is 9.20. The molecule has 0 saturated carbocycles. The second kappa shape index (κ2) is 3.09. The van der Waals surface area contributed by atoms with Crippen molar-refractivity contribution in [1.29, 1.82) is 0 Å². The molecule has 4 heteroatoms. The lowest BCUT2D eigenvalue weighted by atomic mass is 10.1. The molecular weight excluding hydrogens is 152 g/mol. The Kier molecular flexibility index (Phi) is 2.57. The Bertz CT molecular complexity index is 108. The molecule has 1 aliphatic rings. The Morgan fingerprint density at radius 3 is 2.60 bits per heavy atom. The summed E-state index contributed by atoms with van der Waals surface area (Å²) >= 11 is 4.11. The second-order valence-electron chi connectivity index (χ2n) is 2.59. The third-order valence-corrected chi connectivity index (χ3v) is 2.45. The van der Waals surface area contributed by atoms with E-state index < -0.39 is 12.4 Å². The van der Waals surface area contributed by atoms with Gasteiger partial charge in [0.2, 0.25) is 0 Å². The summed E-state index contributed by atoms with van der Waals surface area (Å²) in [5, 5.41) is 18.0. The molecule has 1 saturated heterocycles. The van der Waals surface area contributed by atoms with Gasteiger partial charge < -0.3 is 14.9 Å². The average molecular weight is 164 g/mol. The quantitative estimate of drug-likeness (QED) is 0.434. The van der Waals surface area contributed by atoms with Crippen LogP contribution in [0.15, 0.2) is 0 Å². The Morgan fingerprint density at radius 2 is 2.10 bits per heavy atom. The first kappa shape index (κ1) is 8.33. The van der Waals surface area contributed by atoms with Gasteiger partial charge in [0.1, 0.15) is 0 Å². The summed E-state index contributed by atoms with van der Waals surface area (Å²) in [5.74, 6) is 0. The molecule has 4 unspecified atom stereocenters. The molecule has 0 aromatic carbocycles. The molecule has 0 aromatic rings. The van der Waals surface area contributed by atoms with Crippen molar-refractivity contribution in [2.24, 2.45) is 0 Å². The molecule has 3 nitrogen and oxygen atoms in total. The van der Waals surface area contributed by atoms with Gasteiger partial charge in [-0.3, -0.25) is 0 Å². The Labute approximate surface area is 65.4 Å². The summed E-state index contributed by atoms with van der Waals surface area (Å²) in [6.45, 7) is 1.78. The van der Waals surface area contributed by atoms with Crippen LogP contribution >= 0.6 is 12.6 Å². The number of aliphatic hydroxyl groups excluding tert-OH is 2. The van der Waals surface area contributed by atoms with E-state index in [1.165, 1.54) is 0 Å². The minimum atomic E-state index is -0.826. The summed E-state index contributed by atoms with van der Waals surface area (Å²) < 4.78 is 4.99. The molecule has 1 aliphatic heterocycles. The van der Waals surface area contributed by atoms with Crippen LogP contribution in [0.5, 0.6) is 0 Å². The fraction of sp³-hybridized carbons (Fsp3) is 1.00. The van der Waals surface area contributed by atoms with Gasteiger partial charge in [-0.1, -0.05) is 0 Å². The van der Waals surface area contributed by atoms with E-state index in [0.717, 1.165) is 0 Å². The van der Waals surface area contributed by atoms with E-state index in [0.29, 0.717) is 0 Å². The van der Waals surface area contributed by atoms with Crippen molar-refractivity contribution in [3.63, 3.8) is 0 Å². The molecule has 0 bridgehead atoms. The molecule has 1 heterocycles. The number of hydrogen-bond donors (Lipinski definition) is 3. The summed E-state index contributed by atoms with van der Waals surface area (Å²) in [4.78, 5) is 0. The van der Waals surface area contributed by atoms with E-state index in [1.54, 1.807) is 6.92 Å². The predicted molar refractivity (Wildman–Crippen MR) is 40.0 cm³/mol. The highest BCUT2D eigenvalue weighted by atomic mass is 32.1. The van der Waals surface area contributed by atoms with E-state index in [4.69, 9.17) is 9.84 Å². The number of ether oxygens (including phenoxy) is 1. The molecule has 0 radical (unpaired) electrons. The highest BCUT2D eigenvalue weighted by Crippen LogP contribution is 2.22. The number of rotatable bonds is 0. The molecule has 0 spiro atoms. The lowest BCUT2D eigenvalue weighted by Crippen LogP contribution is -2.43. The van der Waals surface area contributed by atoms with Gasteiger partial charge in [0, 0.05) is 6.42 Å². The van der Waals surface area contributed by atoms with Crippen LogP contribution in [0.2, 0.25) is 0 Å². The molecule has 1 fully saturated rings. The topological polar surface area (TPSA) is 49.7 Å². The van der Waals surface area contributed by atoms with E-state index in [-0.39, 0.29) is 17.8 Å². The van der Waals surface area contributed by atoms with Crippen LogP contribution in [0.25, 0.3) is 0 Å². The highest BCUT2D eigenvalue weighted by Gasteiger charge is 2.31. The maximum atomic E-state index is 9.20. The molecule has 2 N–H and O–H groups in total. The summed E-state index contributed by atoms with van der Waals surface area (Å²) in [5.41, 5.74) is 0. The zero-order chi connectivity index (χ0) is 7.72. The van der Waals surface area contributed by atoms with Crippen molar-refractivity contribution >= 4 is 12.6 Å². The van der Waals surface area contributed by atoms with E-state index in [1.807, 2.05) is 0 Å². The monoisotopic (exact) mass is 164 g/mol. The van der Waals surface area contributed by atoms with E-state index in [2.05, 4.69) is 12.6 Å². The SMILES string of the molecule is CC1OC(O)CC(O)C1S. The van der Waals surface area contributed by atoms with Crippen LogP contribution in [-0.4, -0.2) is 34.0 Å². The van der Waals surface area contributed by atoms with E-state index >= 15 is 0 Å². The Morgan fingerprint density at radius 1 is 1.50 bits per heavy atom. The van der Waals surface area contributed by atoms with E-state index in [9.17, 15) is 5.11 Å². The smallest absolute Gasteiger partial charge is 0.157 e. The van der Waals surface area contributed by atoms with Crippen LogP contribution in [0.3, 0.4) is 0 Å². The molecule has 4 atom stereocenters. The molecule has 10 heavy (non-hydrogen) atoms. The molecule has 0 aromatic heterocycles. The number of thiol groups is 1. The van der Waals surface area contributed by atoms with Crippen molar-refractivity contribution < 1.29 is 14.9 Å². The highest BCUT2D eigenvalue weighted by molar-refractivity contribution is 7.81. The lowest BCUT2D eigenvalue weighted by Gasteiger charge is -2.33. The molecule has 60 valence electrons. The molecular formula is C6H12O3S. The standard InChI is InChI=1S/C6H12O3S/c1-3-6(10)4(7)2-5(8)9-3/h3-8,10H,2H2,1H3. The van der Waals surface area contributed by atoms with Crippen molar-refractivity contribution in [3.8, 4) is 0 Å². The minimum Gasteiger partial charge on any atom is -0.392 e. The first-order valence-corrected chi connectivity index (χ1v) is 3.82. The lowest BCUT2D eigenvalue weighted by molar-refractivity contribution is -0.179. The molecule has 0 aliphatic carbocycles.